The molecule has 0 atom stereocenters. The van der Waals surface area contributed by atoms with Crippen molar-refractivity contribution in [1.82, 2.24) is 10.2 Å². The van der Waals surface area contributed by atoms with Gasteiger partial charge in [-0.2, -0.15) is 0 Å². The summed E-state index contributed by atoms with van der Waals surface area (Å²) in [7, 11) is 3.81. The Morgan fingerprint density at radius 3 is 2.71 bits per heavy atom. The molecule has 0 aliphatic rings. The Morgan fingerprint density at radius 1 is 1.24 bits per heavy atom. The number of ether oxygens (including phenoxy) is 1. The molecule has 0 radical (unpaired) electrons. The molecule has 0 unspecified atom stereocenters. The maximum absolute atomic E-state index is 5.70. The van der Waals surface area contributed by atoms with Crippen molar-refractivity contribution in [2.24, 2.45) is 4.99 Å². The molecule has 0 saturated carbocycles. The molecular weight excluding hydrogens is 282 g/mol. The third-order valence-electron chi connectivity index (χ3n) is 3.01. The second-order valence-electron chi connectivity index (χ2n) is 4.56. The van der Waals surface area contributed by atoms with Crippen LogP contribution in [-0.2, 0) is 6.54 Å². The van der Waals surface area contributed by atoms with Gasteiger partial charge in [-0.25, -0.2) is 0 Å². The minimum atomic E-state index is 0.625. The zero-order chi connectivity index (χ0) is 14.9. The summed E-state index contributed by atoms with van der Waals surface area (Å²) in [5.41, 5.74) is 0. The summed E-state index contributed by atoms with van der Waals surface area (Å²) in [6.45, 7) is 2.20. The lowest BCUT2D eigenvalue weighted by molar-refractivity contribution is 0.281. The second kappa shape index (κ2) is 8.32. The number of guanidine groups is 1. The first-order chi connectivity index (χ1) is 10.3. The molecule has 0 aliphatic heterocycles. The lowest BCUT2D eigenvalue weighted by atomic mass is 10.3. The van der Waals surface area contributed by atoms with E-state index in [1.165, 1.54) is 4.88 Å². The van der Waals surface area contributed by atoms with E-state index in [-0.39, 0.29) is 0 Å². The average Bonchev–Trinajstić information content (AvgIpc) is 3.02. The van der Waals surface area contributed by atoms with Crippen molar-refractivity contribution < 1.29 is 4.74 Å². The number of rotatable bonds is 6. The van der Waals surface area contributed by atoms with Gasteiger partial charge in [-0.1, -0.05) is 24.3 Å². The predicted octanol–water partition coefficient (Wildman–Crippen LogP) is 2.83. The number of thiophene rings is 1. The number of hydrogen-bond donors (Lipinski definition) is 1. The minimum Gasteiger partial charge on any atom is -0.492 e. The molecule has 0 bridgehead atoms. The fourth-order valence-corrected chi connectivity index (χ4v) is 2.53. The molecule has 21 heavy (non-hydrogen) atoms. The van der Waals surface area contributed by atoms with Crippen LogP contribution in [0.2, 0.25) is 0 Å². The summed E-state index contributed by atoms with van der Waals surface area (Å²) < 4.78 is 5.70. The Balaban J connectivity index is 1.74. The number of likely N-dealkylation sites (N-methyl/N-ethyl adjacent to an activating group) is 1. The van der Waals surface area contributed by atoms with Gasteiger partial charge in [0.1, 0.15) is 12.4 Å². The molecule has 2 rings (SSSR count). The Hall–Kier alpha value is -2.01. The number of nitrogens with one attached hydrogen (secondary N) is 1. The van der Waals surface area contributed by atoms with Crippen LogP contribution in [0.4, 0.5) is 0 Å². The van der Waals surface area contributed by atoms with Gasteiger partial charge in [0.2, 0.25) is 0 Å². The largest absolute Gasteiger partial charge is 0.492 e. The van der Waals surface area contributed by atoms with Gasteiger partial charge >= 0.3 is 0 Å². The second-order valence-corrected chi connectivity index (χ2v) is 5.60. The maximum atomic E-state index is 5.70. The van der Waals surface area contributed by atoms with Gasteiger partial charge in [0.25, 0.3) is 0 Å². The maximum Gasteiger partial charge on any atom is 0.193 e. The molecule has 0 spiro atoms. The van der Waals surface area contributed by atoms with Gasteiger partial charge < -0.3 is 15.0 Å². The molecule has 0 amide bonds. The van der Waals surface area contributed by atoms with E-state index in [9.17, 15) is 0 Å². The van der Waals surface area contributed by atoms with E-state index in [4.69, 9.17) is 4.74 Å². The zero-order valence-corrected chi connectivity index (χ0v) is 13.3. The first-order valence-corrected chi connectivity index (χ1v) is 7.79. The van der Waals surface area contributed by atoms with E-state index < -0.39 is 0 Å². The lowest BCUT2D eigenvalue weighted by Gasteiger charge is -2.22. The van der Waals surface area contributed by atoms with E-state index in [1.807, 2.05) is 37.4 Å². The van der Waals surface area contributed by atoms with Crippen molar-refractivity contribution in [3.63, 3.8) is 0 Å². The summed E-state index contributed by atoms with van der Waals surface area (Å²) in [5.74, 6) is 1.77. The van der Waals surface area contributed by atoms with Gasteiger partial charge in [-0.3, -0.25) is 4.99 Å². The SMILES string of the molecule is CN=C(NCc1cccs1)N(C)CCOc1ccccc1. The molecular formula is C16H21N3OS. The average molecular weight is 303 g/mol. The summed E-state index contributed by atoms with van der Waals surface area (Å²) in [5, 5.41) is 5.43. The quantitative estimate of drug-likeness (QED) is 0.658. The van der Waals surface area contributed by atoms with Gasteiger partial charge in [0, 0.05) is 19.0 Å². The fourth-order valence-electron chi connectivity index (χ4n) is 1.89. The zero-order valence-electron chi connectivity index (χ0n) is 12.5. The monoisotopic (exact) mass is 303 g/mol. The van der Waals surface area contributed by atoms with Crippen LogP contribution in [0.3, 0.4) is 0 Å². The number of aliphatic imine (C=N–C) groups is 1. The van der Waals surface area contributed by atoms with Crippen LogP contribution in [0.15, 0.2) is 52.8 Å². The number of benzene rings is 1. The number of nitrogens with zero attached hydrogens (tertiary/aromatic N) is 2. The van der Waals surface area contributed by atoms with Gasteiger partial charge in [-0.15, -0.1) is 11.3 Å². The molecule has 1 aromatic heterocycles. The Bertz CT molecular complexity index is 540. The fraction of sp³-hybridized carbons (Fsp3) is 0.312. The molecule has 112 valence electrons. The van der Waals surface area contributed by atoms with Gasteiger partial charge in [0.15, 0.2) is 5.96 Å². The van der Waals surface area contributed by atoms with E-state index >= 15 is 0 Å². The molecule has 4 nitrogen and oxygen atoms in total. The summed E-state index contributed by atoms with van der Waals surface area (Å²) >= 11 is 1.74. The van der Waals surface area contributed by atoms with Crippen LogP contribution in [0.25, 0.3) is 0 Å². The molecule has 0 fully saturated rings. The first kappa shape index (κ1) is 15.4. The van der Waals surface area contributed by atoms with Gasteiger partial charge in [-0.05, 0) is 23.6 Å². The smallest absolute Gasteiger partial charge is 0.193 e. The highest BCUT2D eigenvalue weighted by Gasteiger charge is 2.06. The summed E-state index contributed by atoms with van der Waals surface area (Å²) in [6, 6.07) is 14.0. The number of para-hydroxylation sites is 1. The van der Waals surface area contributed by atoms with Crippen molar-refractivity contribution in [2.45, 2.75) is 6.54 Å². The Labute approximate surface area is 130 Å². The van der Waals surface area contributed by atoms with Crippen molar-refractivity contribution in [1.29, 1.82) is 0 Å². The normalized spacial score (nSPS) is 11.2. The van der Waals surface area contributed by atoms with Crippen LogP contribution in [-0.4, -0.2) is 38.1 Å². The molecule has 1 aromatic carbocycles. The van der Waals surface area contributed by atoms with Crippen LogP contribution in [0.1, 0.15) is 4.88 Å². The van der Waals surface area contributed by atoms with Crippen LogP contribution < -0.4 is 10.1 Å². The highest BCUT2D eigenvalue weighted by Crippen LogP contribution is 2.08. The van der Waals surface area contributed by atoms with Crippen LogP contribution >= 0.6 is 11.3 Å². The van der Waals surface area contributed by atoms with Crippen molar-refractivity contribution in [3.05, 3.63) is 52.7 Å². The van der Waals surface area contributed by atoms with Crippen molar-refractivity contribution >= 4 is 17.3 Å². The topological polar surface area (TPSA) is 36.9 Å². The molecule has 0 aliphatic carbocycles. The molecule has 1 N–H and O–H groups in total. The van der Waals surface area contributed by atoms with Crippen molar-refractivity contribution in [3.8, 4) is 5.75 Å². The van der Waals surface area contributed by atoms with Crippen LogP contribution in [0.5, 0.6) is 5.75 Å². The predicted molar refractivity (Wildman–Crippen MR) is 89.1 cm³/mol. The highest BCUT2D eigenvalue weighted by atomic mass is 32.1. The molecule has 1 heterocycles. The third kappa shape index (κ3) is 5.11. The lowest BCUT2D eigenvalue weighted by Crippen LogP contribution is -2.40. The van der Waals surface area contributed by atoms with E-state index in [2.05, 4.69) is 32.7 Å². The third-order valence-corrected chi connectivity index (χ3v) is 3.89. The standard InChI is InChI=1S/C16H21N3OS/c1-17-16(18-13-15-9-6-12-21-15)19(2)10-11-20-14-7-4-3-5-8-14/h3-9,12H,10-11,13H2,1-2H3,(H,17,18). The molecule has 5 heteroatoms. The van der Waals surface area contributed by atoms with Crippen molar-refractivity contribution in [2.75, 3.05) is 27.2 Å². The Kier molecular flexibility index (Phi) is 6.09. The van der Waals surface area contributed by atoms with Crippen LogP contribution in [0, 0.1) is 0 Å². The Morgan fingerprint density at radius 2 is 2.05 bits per heavy atom. The molecule has 0 saturated heterocycles. The first-order valence-electron chi connectivity index (χ1n) is 6.91. The minimum absolute atomic E-state index is 0.625. The number of hydrogen-bond acceptors (Lipinski definition) is 3. The van der Waals surface area contributed by atoms with Gasteiger partial charge in [0.05, 0.1) is 13.1 Å². The van der Waals surface area contributed by atoms with E-state index in [1.54, 1.807) is 18.4 Å². The summed E-state index contributed by atoms with van der Waals surface area (Å²) in [6.07, 6.45) is 0. The van der Waals surface area contributed by atoms with E-state index in [0.717, 1.165) is 24.8 Å². The summed E-state index contributed by atoms with van der Waals surface area (Å²) in [4.78, 5) is 7.66. The van der Waals surface area contributed by atoms with E-state index in [0.29, 0.717) is 6.61 Å². The highest BCUT2D eigenvalue weighted by molar-refractivity contribution is 7.09. The molecule has 2 aromatic rings.